The molecule has 3 nitrogen and oxygen atoms in total. The van der Waals surface area contributed by atoms with E-state index in [1.54, 1.807) is 6.07 Å². The van der Waals surface area contributed by atoms with E-state index >= 15 is 0 Å². The van der Waals surface area contributed by atoms with E-state index < -0.39 is 0 Å². The van der Waals surface area contributed by atoms with Gasteiger partial charge < -0.3 is 4.74 Å². The van der Waals surface area contributed by atoms with Gasteiger partial charge in [-0.15, -0.1) is 0 Å². The molecule has 2 aliphatic rings. The summed E-state index contributed by atoms with van der Waals surface area (Å²) in [4.78, 5) is 15.7. The van der Waals surface area contributed by atoms with E-state index in [1.165, 1.54) is 17.7 Å². The van der Waals surface area contributed by atoms with Gasteiger partial charge in [-0.25, -0.2) is 4.39 Å². The van der Waals surface area contributed by atoms with Gasteiger partial charge >= 0.3 is 0 Å². The Balaban J connectivity index is 1.50. The molecule has 0 N–H and O–H groups in total. The quantitative estimate of drug-likeness (QED) is 0.684. The lowest BCUT2D eigenvalue weighted by molar-refractivity contribution is 0.0675. The number of benzene rings is 2. The summed E-state index contributed by atoms with van der Waals surface area (Å²) in [6, 6.07) is 15.7. The van der Waals surface area contributed by atoms with Crippen molar-refractivity contribution in [2.75, 3.05) is 6.61 Å². The molecule has 4 heteroatoms. The van der Waals surface area contributed by atoms with Crippen LogP contribution in [0.25, 0.3) is 0 Å². The molecular weight excluding hydrogens is 341 g/mol. The standard InChI is InChI=1S/C23H26FNO2/c1-2-27-22-11-8-18(24)14-21(22)23(26)17-12-19-9-10-20(13-17)25(19)15-16-6-4-3-5-7-16/h3-8,11,14,17,19-20H,2,9-10,12-13,15H2,1H3. The number of hydrogen-bond acceptors (Lipinski definition) is 3. The van der Waals surface area contributed by atoms with Gasteiger partial charge in [0.1, 0.15) is 11.6 Å². The van der Waals surface area contributed by atoms with Crippen LogP contribution >= 0.6 is 0 Å². The summed E-state index contributed by atoms with van der Waals surface area (Å²) in [7, 11) is 0. The average Bonchev–Trinajstić information content (AvgIpc) is 2.91. The van der Waals surface area contributed by atoms with Crippen LogP contribution in [-0.2, 0) is 6.54 Å². The number of halogens is 1. The van der Waals surface area contributed by atoms with Gasteiger partial charge in [0.2, 0.25) is 0 Å². The fourth-order valence-electron chi connectivity index (χ4n) is 4.74. The van der Waals surface area contributed by atoms with Crippen LogP contribution in [0.5, 0.6) is 5.75 Å². The zero-order chi connectivity index (χ0) is 18.8. The Labute approximate surface area is 160 Å². The third-order valence-corrected chi connectivity index (χ3v) is 5.97. The summed E-state index contributed by atoms with van der Waals surface area (Å²) in [5.74, 6) is 0.110. The first-order chi connectivity index (χ1) is 13.2. The van der Waals surface area contributed by atoms with E-state index in [1.807, 2.05) is 13.0 Å². The van der Waals surface area contributed by atoms with Crippen molar-refractivity contribution in [2.45, 2.75) is 51.2 Å². The highest BCUT2D eigenvalue weighted by atomic mass is 19.1. The molecule has 2 saturated heterocycles. The van der Waals surface area contributed by atoms with Crippen molar-refractivity contribution in [3.63, 3.8) is 0 Å². The summed E-state index contributed by atoms with van der Waals surface area (Å²) < 4.78 is 19.3. The van der Waals surface area contributed by atoms with Crippen LogP contribution in [0.1, 0.15) is 48.5 Å². The predicted molar refractivity (Wildman–Crippen MR) is 103 cm³/mol. The molecule has 2 aromatic rings. The fourth-order valence-corrected chi connectivity index (χ4v) is 4.74. The summed E-state index contributed by atoms with van der Waals surface area (Å²) in [6.07, 6.45) is 3.99. The van der Waals surface area contributed by atoms with E-state index in [9.17, 15) is 9.18 Å². The van der Waals surface area contributed by atoms with Crippen LogP contribution < -0.4 is 4.74 Å². The molecule has 2 unspecified atom stereocenters. The number of carbonyl (C=O) groups is 1. The molecular formula is C23H26FNO2. The fraction of sp³-hybridized carbons (Fsp3) is 0.435. The van der Waals surface area contributed by atoms with Gasteiger partial charge in [0, 0.05) is 24.5 Å². The number of carbonyl (C=O) groups excluding carboxylic acids is 1. The minimum atomic E-state index is -0.383. The molecule has 0 aromatic heterocycles. The minimum Gasteiger partial charge on any atom is -0.493 e. The summed E-state index contributed by atoms with van der Waals surface area (Å²) >= 11 is 0. The molecule has 142 valence electrons. The molecule has 0 radical (unpaired) electrons. The Morgan fingerprint density at radius 2 is 1.81 bits per heavy atom. The second-order valence-corrected chi connectivity index (χ2v) is 7.65. The van der Waals surface area contributed by atoms with Crippen LogP contribution in [0.4, 0.5) is 4.39 Å². The minimum absolute atomic E-state index is 0.0363. The highest BCUT2D eigenvalue weighted by Gasteiger charge is 2.43. The van der Waals surface area contributed by atoms with Crippen molar-refractivity contribution in [3.05, 3.63) is 65.5 Å². The number of fused-ring (bicyclic) bond motifs is 2. The van der Waals surface area contributed by atoms with Gasteiger partial charge in [0.15, 0.2) is 5.78 Å². The lowest BCUT2D eigenvalue weighted by Crippen LogP contribution is -2.44. The average molecular weight is 367 g/mol. The van der Waals surface area contributed by atoms with Crippen molar-refractivity contribution in [1.29, 1.82) is 0 Å². The lowest BCUT2D eigenvalue weighted by Gasteiger charge is -2.38. The number of piperidine rings is 1. The molecule has 27 heavy (non-hydrogen) atoms. The van der Waals surface area contributed by atoms with Gasteiger partial charge in [0.05, 0.1) is 12.2 Å². The van der Waals surface area contributed by atoms with Gasteiger partial charge in [-0.05, 0) is 56.4 Å². The number of rotatable bonds is 6. The summed E-state index contributed by atoms with van der Waals surface area (Å²) in [6.45, 7) is 3.29. The summed E-state index contributed by atoms with van der Waals surface area (Å²) in [5, 5.41) is 0. The Kier molecular flexibility index (Phi) is 5.26. The number of hydrogen-bond donors (Lipinski definition) is 0. The second-order valence-electron chi connectivity index (χ2n) is 7.65. The normalized spacial score (nSPS) is 24.7. The maximum Gasteiger partial charge on any atom is 0.169 e. The monoisotopic (exact) mass is 367 g/mol. The first kappa shape index (κ1) is 18.2. The van der Waals surface area contributed by atoms with Crippen LogP contribution in [0.2, 0.25) is 0 Å². The number of nitrogens with zero attached hydrogens (tertiary/aromatic N) is 1. The molecule has 2 heterocycles. The van der Waals surface area contributed by atoms with E-state index in [-0.39, 0.29) is 17.5 Å². The largest absolute Gasteiger partial charge is 0.493 e. The van der Waals surface area contributed by atoms with Gasteiger partial charge in [-0.1, -0.05) is 30.3 Å². The number of ketones is 1. The molecule has 0 amide bonds. The summed E-state index contributed by atoms with van der Waals surface area (Å²) in [5.41, 5.74) is 1.72. The molecule has 0 aliphatic carbocycles. The topological polar surface area (TPSA) is 29.5 Å². The van der Waals surface area contributed by atoms with Gasteiger partial charge in [-0.3, -0.25) is 9.69 Å². The maximum absolute atomic E-state index is 13.8. The lowest BCUT2D eigenvalue weighted by atomic mass is 9.84. The Hall–Kier alpha value is -2.20. The van der Waals surface area contributed by atoms with E-state index in [4.69, 9.17) is 4.74 Å². The molecule has 2 aliphatic heterocycles. The van der Waals surface area contributed by atoms with Gasteiger partial charge in [0.25, 0.3) is 0 Å². The molecule has 4 rings (SSSR count). The molecule has 2 aromatic carbocycles. The molecule has 0 saturated carbocycles. The third-order valence-electron chi connectivity index (χ3n) is 5.97. The van der Waals surface area contributed by atoms with Crippen molar-refractivity contribution in [1.82, 2.24) is 4.90 Å². The Bertz CT molecular complexity index is 793. The molecule has 2 bridgehead atoms. The zero-order valence-corrected chi connectivity index (χ0v) is 15.7. The number of ether oxygens (including phenoxy) is 1. The Morgan fingerprint density at radius 1 is 1.11 bits per heavy atom. The first-order valence-corrected chi connectivity index (χ1v) is 9.92. The van der Waals surface area contributed by atoms with Crippen molar-refractivity contribution >= 4 is 5.78 Å². The highest BCUT2D eigenvalue weighted by Crippen LogP contribution is 2.41. The van der Waals surface area contributed by atoms with Gasteiger partial charge in [-0.2, -0.15) is 0 Å². The van der Waals surface area contributed by atoms with Crippen LogP contribution in [-0.4, -0.2) is 29.4 Å². The van der Waals surface area contributed by atoms with Crippen molar-refractivity contribution < 1.29 is 13.9 Å². The highest BCUT2D eigenvalue weighted by molar-refractivity contribution is 6.00. The van der Waals surface area contributed by atoms with E-state index in [2.05, 4.69) is 29.2 Å². The molecule has 0 spiro atoms. The molecule has 2 fully saturated rings. The van der Waals surface area contributed by atoms with E-state index in [0.29, 0.717) is 30.0 Å². The molecule has 2 atom stereocenters. The maximum atomic E-state index is 13.8. The van der Waals surface area contributed by atoms with E-state index in [0.717, 1.165) is 32.2 Å². The van der Waals surface area contributed by atoms with Crippen LogP contribution in [0, 0.1) is 11.7 Å². The van der Waals surface area contributed by atoms with Crippen LogP contribution in [0.15, 0.2) is 48.5 Å². The second kappa shape index (κ2) is 7.81. The van der Waals surface area contributed by atoms with Crippen molar-refractivity contribution in [2.24, 2.45) is 5.92 Å². The van der Waals surface area contributed by atoms with Crippen LogP contribution in [0.3, 0.4) is 0 Å². The zero-order valence-electron chi connectivity index (χ0n) is 15.7. The SMILES string of the molecule is CCOc1ccc(F)cc1C(=O)C1CC2CCC(C1)N2Cc1ccccc1. The Morgan fingerprint density at radius 3 is 2.48 bits per heavy atom. The third kappa shape index (κ3) is 3.77. The predicted octanol–water partition coefficient (Wildman–Crippen LogP) is 4.85. The van der Waals surface area contributed by atoms with Crippen molar-refractivity contribution in [3.8, 4) is 5.75 Å². The number of Topliss-reactive ketones (excluding diaryl/α,β-unsaturated/α-hetero) is 1. The smallest absolute Gasteiger partial charge is 0.169 e. The first-order valence-electron chi connectivity index (χ1n) is 9.92.